The van der Waals surface area contributed by atoms with Gasteiger partial charge in [-0.2, -0.15) is 0 Å². The summed E-state index contributed by atoms with van der Waals surface area (Å²) in [5.41, 5.74) is 0.711. The maximum atomic E-state index is 13.2. The van der Waals surface area contributed by atoms with Crippen molar-refractivity contribution in [1.29, 1.82) is 0 Å². The summed E-state index contributed by atoms with van der Waals surface area (Å²) in [5, 5.41) is 2.82. The van der Waals surface area contributed by atoms with Crippen LogP contribution in [0.15, 0.2) is 24.3 Å². The highest BCUT2D eigenvalue weighted by molar-refractivity contribution is 5.83. The number of nitrogens with zero attached hydrogens (tertiary/aromatic N) is 2. The Bertz CT molecular complexity index is 625. The van der Waals surface area contributed by atoms with E-state index in [-0.39, 0.29) is 36.4 Å². The first-order valence-electron chi connectivity index (χ1n) is 8.17. The summed E-state index contributed by atoms with van der Waals surface area (Å²) in [6.07, 6.45) is 1.15. The van der Waals surface area contributed by atoms with Gasteiger partial charge in [-0.05, 0) is 24.1 Å². The highest BCUT2D eigenvalue weighted by Gasteiger charge is 2.47. The molecule has 0 aromatic heterocycles. The largest absolute Gasteiger partial charge is 0.383 e. The van der Waals surface area contributed by atoms with Crippen LogP contribution < -0.4 is 5.32 Å². The van der Waals surface area contributed by atoms with E-state index in [0.717, 1.165) is 6.42 Å². The molecule has 2 saturated heterocycles. The number of benzene rings is 1. The molecule has 0 radical (unpaired) electrons. The molecule has 0 unspecified atom stereocenters. The number of carbonyl (C=O) groups excluding carboxylic acids is 2. The molecule has 2 aliphatic rings. The van der Waals surface area contributed by atoms with Crippen molar-refractivity contribution in [2.75, 3.05) is 26.8 Å². The summed E-state index contributed by atoms with van der Waals surface area (Å²) in [6.45, 7) is 1.96. The predicted octanol–water partition coefficient (Wildman–Crippen LogP) is 1.36. The van der Waals surface area contributed by atoms with E-state index >= 15 is 0 Å². The van der Waals surface area contributed by atoms with Crippen LogP contribution in [0.1, 0.15) is 18.4 Å². The average molecular weight is 335 g/mol. The van der Waals surface area contributed by atoms with Gasteiger partial charge in [-0.15, -0.1) is 0 Å². The number of fused-ring (bicyclic) bond motifs is 1. The van der Waals surface area contributed by atoms with Crippen molar-refractivity contribution >= 4 is 11.9 Å². The molecule has 24 heavy (non-hydrogen) atoms. The second-order valence-electron chi connectivity index (χ2n) is 6.19. The molecular formula is C17H22FN3O3. The first-order chi connectivity index (χ1) is 11.6. The number of likely N-dealkylation sites (tertiary alicyclic amines) is 2. The Morgan fingerprint density at radius 1 is 1.42 bits per heavy atom. The van der Waals surface area contributed by atoms with Crippen LogP contribution in [-0.2, 0) is 16.1 Å². The number of halogens is 1. The fourth-order valence-corrected chi connectivity index (χ4v) is 3.59. The quantitative estimate of drug-likeness (QED) is 0.884. The molecule has 2 heterocycles. The lowest BCUT2D eigenvalue weighted by atomic mass is 10.1. The van der Waals surface area contributed by atoms with Crippen LogP contribution in [0, 0.1) is 5.82 Å². The van der Waals surface area contributed by atoms with Gasteiger partial charge < -0.3 is 19.9 Å². The maximum absolute atomic E-state index is 13.2. The Balaban J connectivity index is 1.58. The molecule has 130 valence electrons. The van der Waals surface area contributed by atoms with Crippen molar-refractivity contribution in [1.82, 2.24) is 15.1 Å². The van der Waals surface area contributed by atoms with Gasteiger partial charge in [-0.1, -0.05) is 12.1 Å². The van der Waals surface area contributed by atoms with Crippen LogP contribution >= 0.6 is 0 Å². The molecule has 2 aliphatic heterocycles. The van der Waals surface area contributed by atoms with Gasteiger partial charge in [0, 0.05) is 33.2 Å². The number of carbonyl (C=O) groups is 2. The fourth-order valence-electron chi connectivity index (χ4n) is 3.59. The third-order valence-corrected chi connectivity index (χ3v) is 4.74. The number of methoxy groups -OCH3 is 1. The molecule has 1 N–H and O–H groups in total. The van der Waals surface area contributed by atoms with Gasteiger partial charge in [-0.3, -0.25) is 4.79 Å². The lowest BCUT2D eigenvalue weighted by molar-refractivity contribution is -0.129. The standard InChI is InChI=1S/C17H22FN3O3/c1-24-8-7-20-14-5-6-21(15(14)10-16(20)22)17(23)19-11-12-3-2-4-13(18)9-12/h2-4,9,14-15H,5-8,10-11H2,1H3,(H,19,23)/t14-,15+/m0/s1. The summed E-state index contributed by atoms with van der Waals surface area (Å²) < 4.78 is 18.2. The maximum Gasteiger partial charge on any atom is 0.318 e. The van der Waals surface area contributed by atoms with Crippen LogP contribution in [0.5, 0.6) is 0 Å². The molecule has 0 bridgehead atoms. The van der Waals surface area contributed by atoms with Crippen molar-refractivity contribution < 1.29 is 18.7 Å². The third kappa shape index (κ3) is 3.36. The highest BCUT2D eigenvalue weighted by atomic mass is 19.1. The van der Waals surface area contributed by atoms with E-state index in [9.17, 15) is 14.0 Å². The number of urea groups is 1. The molecule has 0 spiro atoms. The van der Waals surface area contributed by atoms with Crippen molar-refractivity contribution in [2.24, 2.45) is 0 Å². The van der Waals surface area contributed by atoms with E-state index in [1.54, 1.807) is 24.1 Å². The Kier molecular flexibility index (Phi) is 4.99. The summed E-state index contributed by atoms with van der Waals surface area (Å²) in [4.78, 5) is 28.1. The van der Waals surface area contributed by atoms with Crippen molar-refractivity contribution in [3.05, 3.63) is 35.6 Å². The van der Waals surface area contributed by atoms with Crippen LogP contribution in [0.2, 0.25) is 0 Å². The Morgan fingerprint density at radius 3 is 3.00 bits per heavy atom. The SMILES string of the molecule is COCCN1C(=O)C[C@@H]2[C@@H]1CCN2C(=O)NCc1cccc(F)c1. The Hall–Kier alpha value is -2.15. The van der Waals surface area contributed by atoms with Crippen molar-refractivity contribution in [2.45, 2.75) is 31.5 Å². The van der Waals surface area contributed by atoms with Gasteiger partial charge in [0.1, 0.15) is 5.82 Å². The topological polar surface area (TPSA) is 61.9 Å². The van der Waals surface area contributed by atoms with Crippen LogP contribution in [0.3, 0.4) is 0 Å². The molecule has 3 rings (SSSR count). The van der Waals surface area contributed by atoms with Gasteiger partial charge in [0.05, 0.1) is 18.7 Å². The number of ether oxygens (including phenoxy) is 1. The van der Waals surface area contributed by atoms with Gasteiger partial charge in [0.25, 0.3) is 0 Å². The van der Waals surface area contributed by atoms with Crippen LogP contribution in [0.4, 0.5) is 9.18 Å². The zero-order chi connectivity index (χ0) is 17.1. The van der Waals surface area contributed by atoms with Gasteiger partial charge in [-0.25, -0.2) is 9.18 Å². The number of amides is 3. The molecule has 7 heteroatoms. The van der Waals surface area contributed by atoms with Crippen molar-refractivity contribution in [3.8, 4) is 0 Å². The number of hydrogen-bond donors (Lipinski definition) is 1. The van der Waals surface area contributed by atoms with Crippen LogP contribution in [-0.4, -0.2) is 60.6 Å². The first-order valence-corrected chi connectivity index (χ1v) is 8.17. The van der Waals surface area contributed by atoms with E-state index in [4.69, 9.17) is 4.74 Å². The summed E-state index contributed by atoms with van der Waals surface area (Å²) in [7, 11) is 1.61. The second kappa shape index (κ2) is 7.17. The fraction of sp³-hybridized carbons (Fsp3) is 0.529. The third-order valence-electron chi connectivity index (χ3n) is 4.74. The Morgan fingerprint density at radius 2 is 2.25 bits per heavy atom. The van der Waals surface area contributed by atoms with Crippen molar-refractivity contribution in [3.63, 3.8) is 0 Å². The predicted molar refractivity (Wildman–Crippen MR) is 85.7 cm³/mol. The van der Waals surface area contributed by atoms with E-state index in [1.807, 2.05) is 4.90 Å². The normalized spacial score (nSPS) is 22.8. The zero-order valence-corrected chi connectivity index (χ0v) is 13.7. The van der Waals surface area contributed by atoms with E-state index < -0.39 is 0 Å². The molecule has 6 nitrogen and oxygen atoms in total. The summed E-state index contributed by atoms with van der Waals surface area (Å²) in [5.74, 6) is -0.247. The monoisotopic (exact) mass is 335 g/mol. The smallest absolute Gasteiger partial charge is 0.318 e. The molecule has 1 aromatic carbocycles. The van der Waals surface area contributed by atoms with Gasteiger partial charge in [0.2, 0.25) is 5.91 Å². The first kappa shape index (κ1) is 16.7. The highest BCUT2D eigenvalue weighted by Crippen LogP contribution is 2.32. The minimum absolute atomic E-state index is 0.0738. The summed E-state index contributed by atoms with van der Waals surface area (Å²) in [6, 6.07) is 5.95. The molecule has 0 aliphatic carbocycles. The lowest BCUT2D eigenvalue weighted by Crippen LogP contribution is -2.44. The molecule has 0 saturated carbocycles. The number of rotatable bonds is 5. The van der Waals surface area contributed by atoms with Gasteiger partial charge >= 0.3 is 6.03 Å². The minimum Gasteiger partial charge on any atom is -0.383 e. The average Bonchev–Trinajstić information content (AvgIpc) is 3.09. The van der Waals surface area contributed by atoms with E-state index in [0.29, 0.717) is 31.7 Å². The number of nitrogens with one attached hydrogen (secondary N) is 1. The Labute approximate surface area is 140 Å². The van der Waals surface area contributed by atoms with E-state index in [2.05, 4.69) is 5.32 Å². The molecule has 3 amide bonds. The second-order valence-corrected chi connectivity index (χ2v) is 6.19. The molecular weight excluding hydrogens is 313 g/mol. The molecule has 2 atom stereocenters. The minimum atomic E-state index is -0.321. The van der Waals surface area contributed by atoms with E-state index in [1.165, 1.54) is 12.1 Å². The number of hydrogen-bond acceptors (Lipinski definition) is 3. The van der Waals surface area contributed by atoms with Crippen LogP contribution in [0.25, 0.3) is 0 Å². The molecule has 1 aromatic rings. The zero-order valence-electron chi connectivity index (χ0n) is 13.7. The summed E-state index contributed by atoms with van der Waals surface area (Å²) >= 11 is 0. The lowest BCUT2D eigenvalue weighted by Gasteiger charge is -2.25. The van der Waals surface area contributed by atoms with Gasteiger partial charge in [0.15, 0.2) is 0 Å². The molecule has 2 fully saturated rings.